The summed E-state index contributed by atoms with van der Waals surface area (Å²) in [6.07, 6.45) is 0. The molecule has 1 fully saturated rings. The molecule has 0 aromatic heterocycles. The summed E-state index contributed by atoms with van der Waals surface area (Å²) in [6, 6.07) is 2.68. The number of anilines is 1. The lowest BCUT2D eigenvalue weighted by Crippen LogP contribution is -2.52. The Kier molecular flexibility index (Phi) is 4.55. The average molecular weight is 299 g/mol. The van der Waals surface area contributed by atoms with Gasteiger partial charge in [0.1, 0.15) is 22.3 Å². The van der Waals surface area contributed by atoms with Gasteiger partial charge in [-0.1, -0.05) is 19.1 Å². The van der Waals surface area contributed by atoms with Gasteiger partial charge in [0.15, 0.2) is 0 Å². The molecule has 1 aromatic carbocycles. The van der Waals surface area contributed by atoms with Crippen LogP contribution in [-0.2, 0) is 0 Å². The SMILES string of the molecule is CCN1CCN(c2c(F)cc(C(N)=S)cc2F)CC1C. The normalized spacial score (nSPS) is 20.2. The molecular formula is C14H19F2N3S. The van der Waals surface area contributed by atoms with Gasteiger partial charge >= 0.3 is 0 Å². The molecule has 0 bridgehead atoms. The van der Waals surface area contributed by atoms with Crippen molar-refractivity contribution < 1.29 is 8.78 Å². The van der Waals surface area contributed by atoms with Gasteiger partial charge < -0.3 is 10.6 Å². The van der Waals surface area contributed by atoms with Crippen LogP contribution in [0.2, 0.25) is 0 Å². The third-order valence-electron chi connectivity index (χ3n) is 3.79. The van der Waals surface area contributed by atoms with Crippen LogP contribution in [0.15, 0.2) is 12.1 Å². The maximum absolute atomic E-state index is 14.2. The molecule has 1 unspecified atom stereocenters. The van der Waals surface area contributed by atoms with Crippen LogP contribution in [0.1, 0.15) is 19.4 Å². The lowest BCUT2D eigenvalue weighted by Gasteiger charge is -2.40. The number of rotatable bonds is 3. The highest BCUT2D eigenvalue weighted by Crippen LogP contribution is 2.27. The minimum Gasteiger partial charge on any atom is -0.389 e. The topological polar surface area (TPSA) is 32.5 Å². The van der Waals surface area contributed by atoms with Crippen LogP contribution in [0.25, 0.3) is 0 Å². The van der Waals surface area contributed by atoms with Gasteiger partial charge in [0, 0.05) is 31.2 Å². The van der Waals surface area contributed by atoms with E-state index in [4.69, 9.17) is 18.0 Å². The lowest BCUT2D eigenvalue weighted by molar-refractivity contribution is 0.198. The fourth-order valence-corrected chi connectivity index (χ4v) is 2.80. The molecule has 6 heteroatoms. The quantitative estimate of drug-likeness (QED) is 0.867. The maximum Gasteiger partial charge on any atom is 0.150 e. The highest BCUT2D eigenvalue weighted by molar-refractivity contribution is 7.80. The Morgan fingerprint density at radius 1 is 1.35 bits per heavy atom. The van der Waals surface area contributed by atoms with Gasteiger partial charge in [-0.25, -0.2) is 8.78 Å². The van der Waals surface area contributed by atoms with Gasteiger partial charge in [0.2, 0.25) is 0 Å². The molecule has 0 amide bonds. The second kappa shape index (κ2) is 6.01. The number of likely N-dealkylation sites (N-methyl/N-ethyl adjacent to an activating group) is 1. The van der Waals surface area contributed by atoms with Crippen LogP contribution < -0.4 is 10.6 Å². The molecule has 1 aliphatic heterocycles. The van der Waals surface area contributed by atoms with Gasteiger partial charge in [-0.15, -0.1) is 0 Å². The number of hydrogen-bond acceptors (Lipinski definition) is 3. The zero-order chi connectivity index (χ0) is 14.9. The van der Waals surface area contributed by atoms with Crippen LogP contribution in [0.5, 0.6) is 0 Å². The zero-order valence-corrected chi connectivity index (χ0v) is 12.5. The van der Waals surface area contributed by atoms with Crippen molar-refractivity contribution in [3.05, 3.63) is 29.3 Å². The van der Waals surface area contributed by atoms with Crippen LogP contribution in [0.4, 0.5) is 14.5 Å². The van der Waals surface area contributed by atoms with Gasteiger partial charge in [-0.2, -0.15) is 0 Å². The first-order valence-corrected chi connectivity index (χ1v) is 7.12. The summed E-state index contributed by atoms with van der Waals surface area (Å²) < 4.78 is 28.3. The minimum absolute atomic E-state index is 0.00137. The first-order chi connectivity index (χ1) is 9.43. The molecule has 2 rings (SSSR count). The monoisotopic (exact) mass is 299 g/mol. The van der Waals surface area contributed by atoms with Crippen molar-refractivity contribution in [2.75, 3.05) is 31.1 Å². The smallest absolute Gasteiger partial charge is 0.150 e. The maximum atomic E-state index is 14.2. The summed E-state index contributed by atoms with van der Waals surface area (Å²) in [7, 11) is 0. The van der Waals surface area contributed by atoms with Crippen molar-refractivity contribution in [3.63, 3.8) is 0 Å². The standard InChI is InChI=1S/C14H19F2N3S/c1-3-18-4-5-19(8-9(18)2)13-11(15)6-10(14(17)20)7-12(13)16/h6-7,9H,3-5,8H2,1-2H3,(H2,17,20). The van der Waals surface area contributed by atoms with Gasteiger partial charge in [0.25, 0.3) is 0 Å². The molecule has 1 aliphatic rings. The number of nitrogens with zero attached hydrogens (tertiary/aromatic N) is 2. The molecule has 1 atom stereocenters. The molecule has 0 saturated carbocycles. The van der Waals surface area contributed by atoms with E-state index in [9.17, 15) is 8.78 Å². The van der Waals surface area contributed by atoms with E-state index >= 15 is 0 Å². The zero-order valence-electron chi connectivity index (χ0n) is 11.7. The predicted octanol–water partition coefficient (Wildman–Crippen LogP) is 2.13. The molecule has 1 heterocycles. The Morgan fingerprint density at radius 2 is 1.95 bits per heavy atom. The molecule has 1 aromatic rings. The molecule has 1 saturated heterocycles. The number of piperazine rings is 1. The summed E-state index contributed by atoms with van der Waals surface area (Å²) in [4.78, 5) is 4.04. The molecule has 2 N–H and O–H groups in total. The second-order valence-corrected chi connectivity index (χ2v) is 5.52. The number of nitrogens with two attached hydrogens (primary N) is 1. The summed E-state index contributed by atoms with van der Waals surface area (Å²) >= 11 is 4.76. The van der Waals surface area contributed by atoms with Crippen molar-refractivity contribution in [1.82, 2.24) is 4.90 Å². The summed E-state index contributed by atoms with van der Waals surface area (Å²) in [6.45, 7) is 7.11. The van der Waals surface area contributed by atoms with Crippen molar-refractivity contribution in [3.8, 4) is 0 Å². The first kappa shape index (κ1) is 15.1. The fourth-order valence-electron chi connectivity index (χ4n) is 2.68. The van der Waals surface area contributed by atoms with E-state index in [1.807, 2.05) is 0 Å². The van der Waals surface area contributed by atoms with E-state index < -0.39 is 11.6 Å². The number of halogens is 2. The van der Waals surface area contributed by atoms with Crippen molar-refractivity contribution in [1.29, 1.82) is 0 Å². The summed E-state index contributed by atoms with van der Waals surface area (Å²) in [5.41, 5.74) is 5.66. The summed E-state index contributed by atoms with van der Waals surface area (Å²) in [5, 5.41) is 0. The summed E-state index contributed by atoms with van der Waals surface area (Å²) in [5.74, 6) is -1.21. The third-order valence-corrected chi connectivity index (χ3v) is 4.02. The van der Waals surface area contributed by atoms with E-state index in [-0.39, 0.29) is 22.3 Å². The Labute approximate surface area is 123 Å². The van der Waals surface area contributed by atoms with Crippen molar-refractivity contribution in [2.45, 2.75) is 19.9 Å². The Hall–Kier alpha value is -1.27. The molecule has 0 spiro atoms. The van der Waals surface area contributed by atoms with Crippen LogP contribution in [0.3, 0.4) is 0 Å². The molecular weight excluding hydrogens is 280 g/mol. The molecule has 0 aliphatic carbocycles. The first-order valence-electron chi connectivity index (χ1n) is 6.71. The van der Waals surface area contributed by atoms with Crippen LogP contribution >= 0.6 is 12.2 Å². The van der Waals surface area contributed by atoms with E-state index in [1.54, 1.807) is 4.90 Å². The highest BCUT2D eigenvalue weighted by atomic mass is 32.1. The van der Waals surface area contributed by atoms with E-state index in [2.05, 4.69) is 18.7 Å². The van der Waals surface area contributed by atoms with Gasteiger partial charge in [0.05, 0.1) is 0 Å². The highest BCUT2D eigenvalue weighted by Gasteiger charge is 2.26. The predicted molar refractivity (Wildman–Crippen MR) is 81.2 cm³/mol. The van der Waals surface area contributed by atoms with E-state index in [0.29, 0.717) is 13.1 Å². The van der Waals surface area contributed by atoms with Crippen molar-refractivity contribution in [2.24, 2.45) is 5.73 Å². The molecule has 20 heavy (non-hydrogen) atoms. The largest absolute Gasteiger partial charge is 0.389 e. The molecule has 0 radical (unpaired) electrons. The van der Waals surface area contributed by atoms with E-state index in [1.165, 1.54) is 12.1 Å². The fraction of sp³-hybridized carbons (Fsp3) is 0.500. The molecule has 110 valence electrons. The van der Waals surface area contributed by atoms with E-state index in [0.717, 1.165) is 13.1 Å². The number of benzene rings is 1. The Balaban J connectivity index is 2.28. The minimum atomic E-state index is -0.607. The van der Waals surface area contributed by atoms with Gasteiger partial charge in [-0.05, 0) is 25.6 Å². The number of thiocarbonyl (C=S) groups is 1. The Bertz CT molecular complexity index is 498. The van der Waals surface area contributed by atoms with Crippen LogP contribution in [-0.4, -0.2) is 42.1 Å². The van der Waals surface area contributed by atoms with Crippen molar-refractivity contribution >= 4 is 22.9 Å². The average Bonchev–Trinajstić information content (AvgIpc) is 2.38. The lowest BCUT2D eigenvalue weighted by atomic mass is 10.1. The molecule has 3 nitrogen and oxygen atoms in total. The van der Waals surface area contributed by atoms with Gasteiger partial charge in [-0.3, -0.25) is 4.90 Å². The van der Waals surface area contributed by atoms with Crippen LogP contribution in [0, 0.1) is 11.6 Å². The number of hydrogen-bond donors (Lipinski definition) is 1. The third kappa shape index (κ3) is 2.91. The Morgan fingerprint density at radius 3 is 2.40 bits per heavy atom. The second-order valence-electron chi connectivity index (χ2n) is 5.08.